The summed E-state index contributed by atoms with van der Waals surface area (Å²) < 4.78 is 12.9. The number of hydrogen-bond donors (Lipinski definition) is 1. The molecule has 1 aromatic carbocycles. The summed E-state index contributed by atoms with van der Waals surface area (Å²) in [5.74, 6) is -0.543. The minimum atomic E-state index is -0.543. The molecule has 0 bridgehead atoms. The summed E-state index contributed by atoms with van der Waals surface area (Å²) in [5, 5.41) is 6.65. The zero-order valence-electron chi connectivity index (χ0n) is 6.34. The molecule has 0 fully saturated rings. The van der Waals surface area contributed by atoms with Gasteiger partial charge in [-0.15, -0.1) is 0 Å². The van der Waals surface area contributed by atoms with Crippen molar-refractivity contribution in [3.8, 4) is 0 Å². The standard InChI is InChI=1S/C8H4ClFN2O/c9-7-5(10)2-1-4-6(3-13)11-12-8(4)7/h1-3H,(H,11,12). The maximum atomic E-state index is 12.9. The minimum absolute atomic E-state index is 0.0677. The normalized spacial score (nSPS) is 10.6. The van der Waals surface area contributed by atoms with Crippen molar-refractivity contribution in [2.24, 2.45) is 0 Å². The van der Waals surface area contributed by atoms with Crippen LogP contribution in [0, 0.1) is 5.82 Å². The van der Waals surface area contributed by atoms with Gasteiger partial charge in [0.1, 0.15) is 22.1 Å². The first-order valence-electron chi connectivity index (χ1n) is 3.51. The number of aldehydes is 1. The van der Waals surface area contributed by atoms with Crippen molar-refractivity contribution in [2.75, 3.05) is 0 Å². The first-order valence-corrected chi connectivity index (χ1v) is 3.89. The number of carbonyl (C=O) groups excluding carboxylic acids is 1. The first-order chi connectivity index (χ1) is 6.24. The molecule has 1 N–H and O–H groups in total. The van der Waals surface area contributed by atoms with Gasteiger partial charge in [-0.1, -0.05) is 11.6 Å². The summed E-state index contributed by atoms with van der Waals surface area (Å²) in [5.41, 5.74) is 0.584. The summed E-state index contributed by atoms with van der Waals surface area (Å²) in [6, 6.07) is 2.66. The van der Waals surface area contributed by atoms with Crippen molar-refractivity contribution in [1.29, 1.82) is 0 Å². The lowest BCUT2D eigenvalue weighted by Gasteiger charge is -1.93. The van der Waals surface area contributed by atoms with Crippen LogP contribution in [0.3, 0.4) is 0 Å². The predicted octanol–water partition coefficient (Wildman–Crippen LogP) is 2.17. The van der Waals surface area contributed by atoms with E-state index in [0.29, 0.717) is 17.4 Å². The van der Waals surface area contributed by atoms with Gasteiger partial charge in [0, 0.05) is 5.39 Å². The van der Waals surface area contributed by atoms with E-state index in [2.05, 4.69) is 10.2 Å². The van der Waals surface area contributed by atoms with Crippen LogP contribution in [0.5, 0.6) is 0 Å². The SMILES string of the molecule is O=Cc1[nH]nc2c(Cl)c(F)ccc12. The number of hydrogen-bond acceptors (Lipinski definition) is 2. The highest BCUT2D eigenvalue weighted by atomic mass is 35.5. The number of benzene rings is 1. The van der Waals surface area contributed by atoms with Crippen LogP contribution in [0.2, 0.25) is 5.02 Å². The van der Waals surface area contributed by atoms with Crippen molar-refractivity contribution in [3.63, 3.8) is 0 Å². The van der Waals surface area contributed by atoms with E-state index in [9.17, 15) is 9.18 Å². The van der Waals surface area contributed by atoms with E-state index in [1.54, 1.807) is 0 Å². The third-order valence-corrected chi connectivity index (χ3v) is 2.12. The second kappa shape index (κ2) is 2.81. The number of aromatic amines is 1. The third-order valence-electron chi connectivity index (χ3n) is 1.77. The van der Waals surface area contributed by atoms with Gasteiger partial charge in [-0.25, -0.2) is 4.39 Å². The summed E-state index contributed by atoms with van der Waals surface area (Å²) in [6.45, 7) is 0. The Morgan fingerprint density at radius 3 is 3.00 bits per heavy atom. The highest BCUT2D eigenvalue weighted by Gasteiger charge is 2.10. The monoisotopic (exact) mass is 198 g/mol. The average Bonchev–Trinajstić information content (AvgIpc) is 2.55. The molecular weight excluding hydrogens is 195 g/mol. The Morgan fingerprint density at radius 1 is 1.54 bits per heavy atom. The van der Waals surface area contributed by atoms with Gasteiger partial charge in [0.15, 0.2) is 6.29 Å². The zero-order valence-corrected chi connectivity index (χ0v) is 7.10. The lowest BCUT2D eigenvalue weighted by molar-refractivity contribution is 0.112. The molecule has 5 heteroatoms. The molecule has 0 spiro atoms. The van der Waals surface area contributed by atoms with Gasteiger partial charge in [-0.3, -0.25) is 9.89 Å². The van der Waals surface area contributed by atoms with E-state index in [0.717, 1.165) is 0 Å². The van der Waals surface area contributed by atoms with Crippen LogP contribution >= 0.6 is 11.6 Å². The van der Waals surface area contributed by atoms with Gasteiger partial charge in [-0.2, -0.15) is 5.10 Å². The molecule has 1 aromatic heterocycles. The van der Waals surface area contributed by atoms with Crippen molar-refractivity contribution in [2.45, 2.75) is 0 Å². The fourth-order valence-corrected chi connectivity index (χ4v) is 1.34. The number of nitrogens with zero attached hydrogens (tertiary/aromatic N) is 1. The second-order valence-electron chi connectivity index (χ2n) is 2.51. The Bertz CT molecular complexity index is 480. The molecule has 2 aromatic rings. The highest BCUT2D eigenvalue weighted by molar-refractivity contribution is 6.35. The molecule has 13 heavy (non-hydrogen) atoms. The second-order valence-corrected chi connectivity index (χ2v) is 2.89. The van der Waals surface area contributed by atoms with Crippen LogP contribution in [-0.2, 0) is 0 Å². The predicted molar refractivity (Wildman–Crippen MR) is 46.4 cm³/mol. The number of rotatable bonds is 1. The van der Waals surface area contributed by atoms with Gasteiger partial charge in [-0.05, 0) is 12.1 Å². The van der Waals surface area contributed by atoms with Gasteiger partial charge in [0.2, 0.25) is 0 Å². The molecule has 0 aliphatic rings. The molecule has 2 rings (SSSR count). The quantitative estimate of drug-likeness (QED) is 0.714. The lowest BCUT2D eigenvalue weighted by Crippen LogP contribution is -1.80. The Morgan fingerprint density at radius 2 is 2.31 bits per heavy atom. The molecule has 0 radical (unpaired) electrons. The van der Waals surface area contributed by atoms with Gasteiger partial charge >= 0.3 is 0 Å². The summed E-state index contributed by atoms with van der Waals surface area (Å²) in [4.78, 5) is 10.5. The van der Waals surface area contributed by atoms with Gasteiger partial charge < -0.3 is 0 Å². The van der Waals surface area contributed by atoms with Crippen molar-refractivity contribution >= 4 is 28.8 Å². The average molecular weight is 199 g/mol. The van der Waals surface area contributed by atoms with E-state index >= 15 is 0 Å². The topological polar surface area (TPSA) is 45.8 Å². The molecule has 0 amide bonds. The zero-order chi connectivity index (χ0) is 9.42. The maximum absolute atomic E-state index is 12.9. The Balaban J connectivity index is 2.88. The van der Waals surface area contributed by atoms with E-state index in [1.807, 2.05) is 0 Å². The van der Waals surface area contributed by atoms with Gasteiger partial charge in [0.05, 0.1) is 0 Å². The number of H-pyrrole nitrogens is 1. The molecule has 0 saturated carbocycles. The molecular formula is C8H4ClFN2O. The van der Waals surface area contributed by atoms with Crippen LogP contribution in [0.1, 0.15) is 10.5 Å². The Hall–Kier alpha value is -1.42. The van der Waals surface area contributed by atoms with E-state index in [-0.39, 0.29) is 10.5 Å². The maximum Gasteiger partial charge on any atom is 0.168 e. The molecule has 0 aliphatic heterocycles. The summed E-state index contributed by atoms with van der Waals surface area (Å²) in [7, 11) is 0. The first kappa shape index (κ1) is 8.19. The fraction of sp³-hybridized carbons (Fsp3) is 0. The van der Waals surface area contributed by atoms with Gasteiger partial charge in [0.25, 0.3) is 0 Å². The fourth-order valence-electron chi connectivity index (χ4n) is 1.13. The van der Waals surface area contributed by atoms with E-state index < -0.39 is 5.82 Å². The van der Waals surface area contributed by atoms with Crippen molar-refractivity contribution in [1.82, 2.24) is 10.2 Å². The lowest BCUT2D eigenvalue weighted by atomic mass is 10.2. The Labute approximate surface area is 77.5 Å². The number of fused-ring (bicyclic) bond motifs is 1. The molecule has 3 nitrogen and oxygen atoms in total. The van der Waals surface area contributed by atoms with Crippen molar-refractivity contribution < 1.29 is 9.18 Å². The molecule has 1 heterocycles. The van der Waals surface area contributed by atoms with E-state index in [1.165, 1.54) is 12.1 Å². The number of aromatic nitrogens is 2. The van der Waals surface area contributed by atoms with Crippen LogP contribution < -0.4 is 0 Å². The summed E-state index contributed by atoms with van der Waals surface area (Å²) >= 11 is 5.62. The molecule has 0 atom stereocenters. The molecule has 0 saturated heterocycles. The van der Waals surface area contributed by atoms with E-state index in [4.69, 9.17) is 11.6 Å². The molecule has 66 valence electrons. The van der Waals surface area contributed by atoms with Crippen molar-refractivity contribution in [3.05, 3.63) is 28.7 Å². The largest absolute Gasteiger partial charge is 0.296 e. The third kappa shape index (κ3) is 1.10. The minimum Gasteiger partial charge on any atom is -0.296 e. The Kier molecular flexibility index (Phi) is 1.77. The molecule has 0 unspecified atom stereocenters. The molecule has 0 aliphatic carbocycles. The van der Waals surface area contributed by atoms with Crippen LogP contribution in [0.4, 0.5) is 4.39 Å². The highest BCUT2D eigenvalue weighted by Crippen LogP contribution is 2.25. The summed E-state index contributed by atoms with van der Waals surface area (Å²) in [6.07, 6.45) is 0.615. The number of carbonyl (C=O) groups is 1. The number of halogens is 2. The van der Waals surface area contributed by atoms with Crippen LogP contribution in [-0.4, -0.2) is 16.5 Å². The number of nitrogens with one attached hydrogen (secondary N) is 1. The smallest absolute Gasteiger partial charge is 0.168 e. The van der Waals surface area contributed by atoms with Crippen LogP contribution in [0.25, 0.3) is 10.9 Å². The van der Waals surface area contributed by atoms with Crippen LogP contribution in [0.15, 0.2) is 12.1 Å².